The minimum Gasteiger partial charge on any atom is -0.441 e. The fourth-order valence-electron chi connectivity index (χ4n) is 2.58. The van der Waals surface area contributed by atoms with E-state index in [-0.39, 0.29) is 11.4 Å². The third kappa shape index (κ3) is 3.36. The largest absolute Gasteiger partial charge is 0.441 e. The van der Waals surface area contributed by atoms with Crippen molar-refractivity contribution in [1.82, 2.24) is 10.3 Å². The Morgan fingerprint density at radius 1 is 1.32 bits per heavy atom. The molecular formula is C18H14ClN3O2S. The van der Waals surface area contributed by atoms with Gasteiger partial charge in [-0.2, -0.15) is 0 Å². The Bertz CT molecular complexity index is 999. The summed E-state index contributed by atoms with van der Waals surface area (Å²) in [6.07, 6.45) is 1.84. The summed E-state index contributed by atoms with van der Waals surface area (Å²) in [5, 5.41) is 6.72. The molecule has 0 bridgehead atoms. The van der Waals surface area contributed by atoms with Crippen LogP contribution in [-0.4, -0.2) is 16.4 Å². The van der Waals surface area contributed by atoms with Gasteiger partial charge in [-0.05, 0) is 35.9 Å². The first-order chi connectivity index (χ1) is 12.1. The Labute approximate surface area is 153 Å². The van der Waals surface area contributed by atoms with Crippen LogP contribution < -0.4 is 10.6 Å². The SMILES string of the molecule is Cc1nc2ccc(/C=C3\SC(Nc4ccccc4Cl)NC3=O)cc2o1. The molecule has 1 amide bonds. The van der Waals surface area contributed by atoms with Gasteiger partial charge in [0.1, 0.15) is 5.52 Å². The van der Waals surface area contributed by atoms with Gasteiger partial charge in [0.05, 0.1) is 15.6 Å². The van der Waals surface area contributed by atoms with Crippen molar-refractivity contribution >= 4 is 52.1 Å². The number of aromatic nitrogens is 1. The van der Waals surface area contributed by atoms with Crippen LogP contribution in [-0.2, 0) is 4.79 Å². The summed E-state index contributed by atoms with van der Waals surface area (Å²) >= 11 is 7.56. The fraction of sp³-hybridized carbons (Fsp3) is 0.111. The molecule has 1 aromatic heterocycles. The molecule has 1 saturated heterocycles. The maximum atomic E-state index is 12.2. The Hall–Kier alpha value is -2.44. The van der Waals surface area contributed by atoms with Crippen LogP contribution in [0.5, 0.6) is 0 Å². The highest BCUT2D eigenvalue weighted by atomic mass is 35.5. The smallest absolute Gasteiger partial charge is 0.260 e. The van der Waals surface area contributed by atoms with Crippen LogP contribution in [0, 0.1) is 6.92 Å². The van der Waals surface area contributed by atoms with E-state index in [1.54, 1.807) is 6.07 Å². The first kappa shape index (κ1) is 16.1. The van der Waals surface area contributed by atoms with Crippen LogP contribution in [0.15, 0.2) is 51.8 Å². The molecule has 2 N–H and O–H groups in total. The van der Waals surface area contributed by atoms with Gasteiger partial charge in [0.25, 0.3) is 5.91 Å². The van der Waals surface area contributed by atoms with Crippen molar-refractivity contribution in [2.24, 2.45) is 0 Å². The number of aryl methyl sites for hydroxylation is 1. The molecule has 1 unspecified atom stereocenters. The maximum absolute atomic E-state index is 12.2. The lowest BCUT2D eigenvalue weighted by Crippen LogP contribution is -2.31. The van der Waals surface area contributed by atoms with Gasteiger partial charge in [0.2, 0.25) is 0 Å². The van der Waals surface area contributed by atoms with Crippen molar-refractivity contribution in [2.45, 2.75) is 12.4 Å². The Kier molecular flexibility index (Phi) is 4.15. The van der Waals surface area contributed by atoms with Crippen molar-refractivity contribution in [2.75, 3.05) is 5.32 Å². The van der Waals surface area contributed by atoms with E-state index in [2.05, 4.69) is 15.6 Å². The first-order valence-corrected chi connectivity index (χ1v) is 8.92. The van der Waals surface area contributed by atoms with E-state index in [9.17, 15) is 4.79 Å². The number of oxazole rings is 1. The summed E-state index contributed by atoms with van der Waals surface area (Å²) in [6.45, 7) is 1.81. The second-order valence-electron chi connectivity index (χ2n) is 5.56. The molecule has 2 heterocycles. The Morgan fingerprint density at radius 2 is 2.16 bits per heavy atom. The zero-order valence-electron chi connectivity index (χ0n) is 13.2. The monoisotopic (exact) mass is 371 g/mol. The Morgan fingerprint density at radius 3 is 3.00 bits per heavy atom. The van der Waals surface area contributed by atoms with Gasteiger partial charge < -0.3 is 15.1 Å². The summed E-state index contributed by atoms with van der Waals surface area (Å²) in [7, 11) is 0. The van der Waals surface area contributed by atoms with E-state index in [0.29, 0.717) is 21.4 Å². The minimum atomic E-state index is -0.269. The second kappa shape index (κ2) is 6.46. The number of amides is 1. The van der Waals surface area contributed by atoms with Crippen molar-refractivity contribution < 1.29 is 9.21 Å². The number of halogens is 1. The van der Waals surface area contributed by atoms with Crippen LogP contribution in [0.1, 0.15) is 11.5 Å². The second-order valence-corrected chi connectivity index (χ2v) is 7.12. The normalized spacial score (nSPS) is 18.7. The highest BCUT2D eigenvalue weighted by Gasteiger charge is 2.27. The molecule has 5 nitrogen and oxygen atoms in total. The average molecular weight is 372 g/mol. The van der Waals surface area contributed by atoms with Crippen molar-refractivity contribution in [3.8, 4) is 0 Å². The molecule has 1 aliphatic rings. The fourth-order valence-corrected chi connectivity index (χ4v) is 3.75. The molecule has 0 saturated carbocycles. The molecule has 0 aliphatic carbocycles. The van der Waals surface area contributed by atoms with Gasteiger partial charge in [-0.3, -0.25) is 4.79 Å². The topological polar surface area (TPSA) is 67.2 Å². The molecule has 1 atom stereocenters. The number of nitrogens with one attached hydrogen (secondary N) is 2. The number of anilines is 1. The molecular weight excluding hydrogens is 358 g/mol. The minimum absolute atomic E-state index is 0.122. The van der Waals surface area contributed by atoms with Crippen molar-refractivity contribution in [3.05, 3.63) is 63.8 Å². The summed E-state index contributed by atoms with van der Waals surface area (Å²) in [4.78, 5) is 17.1. The van der Waals surface area contributed by atoms with Gasteiger partial charge in [0, 0.05) is 6.92 Å². The van der Waals surface area contributed by atoms with Crippen LogP contribution in [0.4, 0.5) is 5.69 Å². The molecule has 2 aromatic carbocycles. The van der Waals surface area contributed by atoms with Gasteiger partial charge in [0.15, 0.2) is 17.0 Å². The number of carbonyl (C=O) groups is 1. The number of benzene rings is 2. The molecule has 7 heteroatoms. The number of thioether (sulfide) groups is 1. The zero-order chi connectivity index (χ0) is 17.4. The quantitative estimate of drug-likeness (QED) is 0.668. The number of fused-ring (bicyclic) bond motifs is 1. The first-order valence-electron chi connectivity index (χ1n) is 7.66. The summed E-state index contributed by atoms with van der Waals surface area (Å²) in [5.74, 6) is 0.500. The lowest BCUT2D eigenvalue weighted by molar-refractivity contribution is -0.116. The van der Waals surface area contributed by atoms with E-state index in [1.165, 1.54) is 11.8 Å². The molecule has 0 radical (unpaired) electrons. The van der Waals surface area contributed by atoms with Gasteiger partial charge in [-0.1, -0.05) is 41.6 Å². The van der Waals surface area contributed by atoms with Crippen molar-refractivity contribution in [3.63, 3.8) is 0 Å². The summed E-state index contributed by atoms with van der Waals surface area (Å²) < 4.78 is 5.54. The number of carbonyl (C=O) groups excluding carboxylic acids is 1. The summed E-state index contributed by atoms with van der Waals surface area (Å²) in [5.41, 5.74) is 2.92. The molecule has 0 spiro atoms. The standard InChI is InChI=1S/C18H14ClN3O2S/c1-10-20-14-7-6-11(8-15(14)24-10)9-16-17(23)22-18(25-16)21-13-5-3-2-4-12(13)19/h2-9,18,21H,1H3,(H,22,23)/b16-9-. The van der Waals surface area contributed by atoms with E-state index in [0.717, 1.165) is 16.8 Å². The molecule has 4 rings (SSSR count). The van der Waals surface area contributed by atoms with Gasteiger partial charge in [-0.25, -0.2) is 4.98 Å². The highest BCUT2D eigenvalue weighted by Crippen LogP contribution is 2.32. The third-order valence-corrected chi connectivity index (χ3v) is 5.07. The summed E-state index contributed by atoms with van der Waals surface area (Å²) in [6, 6.07) is 13.1. The van der Waals surface area contributed by atoms with Crippen molar-refractivity contribution in [1.29, 1.82) is 0 Å². The average Bonchev–Trinajstić information content (AvgIpc) is 3.11. The molecule has 25 heavy (non-hydrogen) atoms. The number of para-hydroxylation sites is 1. The number of hydrogen-bond acceptors (Lipinski definition) is 5. The third-order valence-electron chi connectivity index (χ3n) is 3.71. The van der Waals surface area contributed by atoms with E-state index >= 15 is 0 Å². The molecule has 3 aromatic rings. The molecule has 1 fully saturated rings. The number of hydrogen-bond donors (Lipinski definition) is 2. The van der Waals surface area contributed by atoms with Gasteiger partial charge >= 0.3 is 0 Å². The zero-order valence-corrected chi connectivity index (χ0v) is 14.8. The van der Waals surface area contributed by atoms with E-state index in [1.807, 2.05) is 49.4 Å². The lowest BCUT2D eigenvalue weighted by atomic mass is 10.2. The number of nitrogens with zero attached hydrogens (tertiary/aromatic N) is 1. The lowest BCUT2D eigenvalue weighted by Gasteiger charge is -2.13. The van der Waals surface area contributed by atoms with E-state index in [4.69, 9.17) is 16.0 Å². The van der Waals surface area contributed by atoms with Crippen LogP contribution >= 0.6 is 23.4 Å². The van der Waals surface area contributed by atoms with Crippen LogP contribution in [0.2, 0.25) is 5.02 Å². The highest BCUT2D eigenvalue weighted by molar-refractivity contribution is 8.05. The van der Waals surface area contributed by atoms with Gasteiger partial charge in [-0.15, -0.1) is 0 Å². The predicted molar refractivity (Wildman–Crippen MR) is 101 cm³/mol. The van der Waals surface area contributed by atoms with E-state index < -0.39 is 0 Å². The number of rotatable bonds is 3. The van der Waals surface area contributed by atoms with Crippen LogP contribution in [0.25, 0.3) is 17.2 Å². The maximum Gasteiger partial charge on any atom is 0.260 e. The van der Waals surface area contributed by atoms with Crippen LogP contribution in [0.3, 0.4) is 0 Å². The molecule has 126 valence electrons. The predicted octanol–water partition coefficient (Wildman–Crippen LogP) is 4.39. The Balaban J connectivity index is 1.54. The molecule has 1 aliphatic heterocycles.